The molecular weight excluding hydrogens is 238 g/mol. The Kier molecular flexibility index (Phi) is 3.89. The molecule has 0 aliphatic rings. The summed E-state index contributed by atoms with van der Waals surface area (Å²) >= 11 is 0. The van der Waals surface area contributed by atoms with Gasteiger partial charge in [-0.1, -0.05) is 36.4 Å². The molecule has 1 amide bonds. The lowest BCUT2D eigenvalue weighted by Gasteiger charge is -2.19. The van der Waals surface area contributed by atoms with E-state index in [4.69, 9.17) is 0 Å². The van der Waals surface area contributed by atoms with Crippen LogP contribution in [-0.2, 0) is 4.79 Å². The molecule has 0 spiro atoms. The van der Waals surface area contributed by atoms with Crippen LogP contribution in [-0.4, -0.2) is 17.9 Å². The van der Waals surface area contributed by atoms with Crippen LogP contribution in [0.1, 0.15) is 11.5 Å². The van der Waals surface area contributed by atoms with E-state index in [0.717, 1.165) is 0 Å². The summed E-state index contributed by atoms with van der Waals surface area (Å²) in [6.07, 6.45) is 1.61. The van der Waals surface area contributed by atoms with E-state index in [1.54, 1.807) is 43.6 Å². The summed E-state index contributed by atoms with van der Waals surface area (Å²) in [7, 11) is 1.62. The van der Waals surface area contributed by atoms with Gasteiger partial charge in [-0.05, 0) is 17.7 Å². The first kappa shape index (κ1) is 12.8. The third-order valence-corrected chi connectivity index (χ3v) is 2.83. The average Bonchev–Trinajstić information content (AvgIpc) is 2.49. The number of anilines is 1. The Morgan fingerprint density at radius 3 is 2.47 bits per heavy atom. The fraction of sp³-hybridized carbons (Fsp3) is 0.133. The molecule has 1 heterocycles. The molecule has 1 atom stereocenters. The number of hydrogen-bond donors (Lipinski definition) is 0. The molecule has 0 fully saturated rings. The number of benzene rings is 1. The molecule has 0 N–H and O–H groups in total. The van der Waals surface area contributed by atoms with Crippen molar-refractivity contribution >= 4 is 11.7 Å². The Hall–Kier alpha value is -2.67. The average molecular weight is 251 g/mol. The van der Waals surface area contributed by atoms with Crippen LogP contribution in [0.2, 0.25) is 0 Å². The molecule has 0 aliphatic carbocycles. The molecule has 4 nitrogen and oxygen atoms in total. The van der Waals surface area contributed by atoms with Crippen LogP contribution in [0.25, 0.3) is 0 Å². The second kappa shape index (κ2) is 5.78. The predicted molar refractivity (Wildman–Crippen MR) is 72.4 cm³/mol. The first-order valence-electron chi connectivity index (χ1n) is 5.87. The van der Waals surface area contributed by atoms with Gasteiger partial charge < -0.3 is 0 Å². The van der Waals surface area contributed by atoms with Crippen molar-refractivity contribution in [2.24, 2.45) is 0 Å². The molecule has 0 saturated heterocycles. The minimum Gasteiger partial charge on any atom is -0.299 e. The highest BCUT2D eigenvalue weighted by molar-refractivity contribution is 5.98. The Balaban J connectivity index is 2.26. The fourth-order valence-corrected chi connectivity index (χ4v) is 1.78. The smallest absolute Gasteiger partial charge is 0.249 e. The second-order valence-corrected chi connectivity index (χ2v) is 4.06. The summed E-state index contributed by atoms with van der Waals surface area (Å²) in [4.78, 5) is 17.8. The van der Waals surface area contributed by atoms with Gasteiger partial charge in [0.05, 0.1) is 6.07 Å². The monoisotopic (exact) mass is 251 g/mol. The number of amides is 1. The maximum Gasteiger partial charge on any atom is 0.249 e. The maximum absolute atomic E-state index is 12.3. The van der Waals surface area contributed by atoms with Gasteiger partial charge in [0.2, 0.25) is 5.91 Å². The number of hydrogen-bond acceptors (Lipinski definition) is 3. The lowest BCUT2D eigenvalue weighted by molar-refractivity contribution is -0.118. The number of nitrogens with zero attached hydrogens (tertiary/aromatic N) is 3. The topological polar surface area (TPSA) is 57.0 Å². The van der Waals surface area contributed by atoms with E-state index >= 15 is 0 Å². The van der Waals surface area contributed by atoms with Gasteiger partial charge >= 0.3 is 0 Å². The number of aromatic nitrogens is 1. The van der Waals surface area contributed by atoms with E-state index in [0.29, 0.717) is 11.4 Å². The van der Waals surface area contributed by atoms with Crippen LogP contribution in [0.4, 0.5) is 5.82 Å². The fourth-order valence-electron chi connectivity index (χ4n) is 1.78. The highest BCUT2D eigenvalue weighted by atomic mass is 16.2. The first-order valence-corrected chi connectivity index (χ1v) is 5.87. The molecule has 1 aromatic heterocycles. The number of carbonyl (C=O) groups is 1. The standard InChI is InChI=1S/C15H13N3O/c1-18(14-9-5-6-10-17-14)15(19)13(11-16)12-7-3-2-4-8-12/h2-10,13H,1H3. The minimum absolute atomic E-state index is 0.285. The van der Waals surface area contributed by atoms with Gasteiger partial charge in [0.15, 0.2) is 5.92 Å². The third kappa shape index (κ3) is 2.78. The zero-order valence-corrected chi connectivity index (χ0v) is 10.5. The van der Waals surface area contributed by atoms with Crippen molar-refractivity contribution in [3.05, 3.63) is 60.3 Å². The largest absolute Gasteiger partial charge is 0.299 e. The summed E-state index contributed by atoms with van der Waals surface area (Å²) < 4.78 is 0. The molecule has 1 aromatic carbocycles. The molecule has 0 bridgehead atoms. The van der Waals surface area contributed by atoms with Crippen molar-refractivity contribution in [2.45, 2.75) is 5.92 Å². The normalized spacial score (nSPS) is 11.4. The van der Waals surface area contributed by atoms with Gasteiger partial charge in [-0.3, -0.25) is 9.69 Å². The zero-order chi connectivity index (χ0) is 13.7. The molecular formula is C15H13N3O. The lowest BCUT2D eigenvalue weighted by Crippen LogP contribution is -2.31. The number of rotatable bonds is 3. The van der Waals surface area contributed by atoms with Gasteiger partial charge in [-0.25, -0.2) is 4.98 Å². The Bertz CT molecular complexity index is 590. The molecule has 0 radical (unpaired) electrons. The summed E-state index contributed by atoms with van der Waals surface area (Å²) in [5, 5.41) is 9.23. The summed E-state index contributed by atoms with van der Waals surface area (Å²) in [6, 6.07) is 16.4. The Labute approximate surface area is 111 Å². The highest BCUT2D eigenvalue weighted by Gasteiger charge is 2.24. The van der Waals surface area contributed by atoms with Gasteiger partial charge in [-0.15, -0.1) is 0 Å². The first-order chi connectivity index (χ1) is 9.24. The summed E-state index contributed by atoms with van der Waals surface area (Å²) in [6.45, 7) is 0. The lowest BCUT2D eigenvalue weighted by atomic mass is 9.99. The van der Waals surface area contributed by atoms with E-state index in [9.17, 15) is 10.1 Å². The number of nitriles is 1. The van der Waals surface area contributed by atoms with E-state index < -0.39 is 5.92 Å². The molecule has 1 unspecified atom stereocenters. The second-order valence-electron chi connectivity index (χ2n) is 4.06. The summed E-state index contributed by atoms with van der Waals surface area (Å²) in [5.74, 6) is -0.565. The molecule has 0 aliphatic heterocycles. The third-order valence-electron chi connectivity index (χ3n) is 2.83. The van der Waals surface area contributed by atoms with E-state index in [1.807, 2.05) is 24.3 Å². The summed E-state index contributed by atoms with van der Waals surface area (Å²) in [5.41, 5.74) is 0.692. The molecule has 4 heteroatoms. The van der Waals surface area contributed by atoms with Crippen molar-refractivity contribution in [3.63, 3.8) is 0 Å². The van der Waals surface area contributed by atoms with Gasteiger partial charge in [0, 0.05) is 13.2 Å². The van der Waals surface area contributed by atoms with E-state index in [-0.39, 0.29) is 5.91 Å². The predicted octanol–water partition coefficient (Wildman–Crippen LogP) is 2.35. The Morgan fingerprint density at radius 1 is 1.21 bits per heavy atom. The molecule has 2 rings (SSSR count). The van der Waals surface area contributed by atoms with Gasteiger partial charge in [-0.2, -0.15) is 5.26 Å². The minimum atomic E-state index is -0.812. The van der Waals surface area contributed by atoms with Crippen LogP contribution in [0, 0.1) is 11.3 Å². The Morgan fingerprint density at radius 2 is 1.89 bits per heavy atom. The zero-order valence-electron chi connectivity index (χ0n) is 10.5. The number of carbonyl (C=O) groups excluding carboxylic acids is 1. The molecule has 19 heavy (non-hydrogen) atoms. The number of pyridine rings is 1. The highest BCUT2D eigenvalue weighted by Crippen LogP contribution is 2.19. The van der Waals surface area contributed by atoms with Crippen molar-refractivity contribution in [2.75, 3.05) is 11.9 Å². The van der Waals surface area contributed by atoms with Gasteiger partial charge in [0.1, 0.15) is 5.82 Å². The van der Waals surface area contributed by atoms with Crippen molar-refractivity contribution < 1.29 is 4.79 Å². The van der Waals surface area contributed by atoms with Crippen molar-refractivity contribution in [1.82, 2.24) is 4.98 Å². The van der Waals surface area contributed by atoms with Gasteiger partial charge in [0.25, 0.3) is 0 Å². The van der Waals surface area contributed by atoms with Crippen LogP contribution in [0.5, 0.6) is 0 Å². The molecule has 94 valence electrons. The van der Waals surface area contributed by atoms with Crippen LogP contribution >= 0.6 is 0 Å². The van der Waals surface area contributed by atoms with E-state index in [1.165, 1.54) is 4.90 Å². The van der Waals surface area contributed by atoms with Crippen LogP contribution < -0.4 is 4.90 Å². The quantitative estimate of drug-likeness (QED) is 0.841. The molecule has 0 saturated carbocycles. The van der Waals surface area contributed by atoms with Crippen LogP contribution in [0.3, 0.4) is 0 Å². The molecule has 2 aromatic rings. The number of likely N-dealkylation sites (N-methyl/N-ethyl adjacent to an activating group) is 1. The van der Waals surface area contributed by atoms with Crippen molar-refractivity contribution in [1.29, 1.82) is 5.26 Å². The van der Waals surface area contributed by atoms with E-state index in [2.05, 4.69) is 4.98 Å². The van der Waals surface area contributed by atoms with Crippen LogP contribution in [0.15, 0.2) is 54.7 Å². The SMILES string of the molecule is CN(C(=O)C(C#N)c1ccccc1)c1ccccn1. The maximum atomic E-state index is 12.3. The van der Waals surface area contributed by atoms with Crippen molar-refractivity contribution in [3.8, 4) is 6.07 Å².